The fraction of sp³-hybridized carbons (Fsp3) is 0.385. The van der Waals surface area contributed by atoms with Gasteiger partial charge in [-0.1, -0.05) is 0 Å². The molecule has 2 rings (SSSR count). The van der Waals surface area contributed by atoms with Gasteiger partial charge in [0.2, 0.25) is 0 Å². The van der Waals surface area contributed by atoms with E-state index in [9.17, 15) is 5.26 Å². The maximum absolute atomic E-state index is 9.31. The second-order valence-corrected chi connectivity index (χ2v) is 4.30. The minimum absolute atomic E-state index is 0.299. The molecule has 7 heteroatoms. The maximum atomic E-state index is 9.31. The molecule has 7 nitrogen and oxygen atoms in total. The summed E-state index contributed by atoms with van der Waals surface area (Å²) < 4.78 is 1.49. The Bertz CT molecular complexity index is 649. The first-order valence-electron chi connectivity index (χ1n) is 6.44. The van der Waals surface area contributed by atoms with Crippen molar-refractivity contribution in [1.82, 2.24) is 19.7 Å². The van der Waals surface area contributed by atoms with Crippen LogP contribution in [-0.4, -0.2) is 32.8 Å². The van der Waals surface area contributed by atoms with E-state index in [0.29, 0.717) is 23.0 Å². The molecule has 0 spiro atoms. The number of hydrogen-bond donors (Lipinski definition) is 1. The lowest BCUT2D eigenvalue weighted by Crippen LogP contribution is -2.23. The Balaban J connectivity index is 2.59. The third-order valence-electron chi connectivity index (χ3n) is 3.08. The fourth-order valence-electron chi connectivity index (χ4n) is 2.00. The van der Waals surface area contributed by atoms with Crippen molar-refractivity contribution >= 4 is 11.6 Å². The summed E-state index contributed by atoms with van der Waals surface area (Å²) in [4.78, 5) is 10.2. The molecule has 0 unspecified atom stereocenters. The molecule has 20 heavy (non-hydrogen) atoms. The minimum atomic E-state index is 0.299. The normalized spacial score (nSPS) is 10.3. The van der Waals surface area contributed by atoms with Gasteiger partial charge in [-0.2, -0.15) is 9.94 Å². The largest absolute Gasteiger partial charge is 0.382 e. The second kappa shape index (κ2) is 5.57. The van der Waals surface area contributed by atoms with Gasteiger partial charge in [0.15, 0.2) is 11.6 Å². The van der Waals surface area contributed by atoms with Gasteiger partial charge in [0.1, 0.15) is 23.8 Å². The van der Waals surface area contributed by atoms with Crippen molar-refractivity contribution in [3.05, 3.63) is 23.7 Å². The first-order valence-corrected chi connectivity index (χ1v) is 6.44. The Labute approximate surface area is 117 Å². The number of rotatable bonds is 4. The highest BCUT2D eigenvalue weighted by Crippen LogP contribution is 2.26. The summed E-state index contributed by atoms with van der Waals surface area (Å²) in [6, 6.07) is 3.90. The van der Waals surface area contributed by atoms with Gasteiger partial charge < -0.3 is 10.6 Å². The van der Waals surface area contributed by atoms with E-state index in [1.165, 1.54) is 11.0 Å². The van der Waals surface area contributed by atoms with E-state index in [1.54, 1.807) is 6.07 Å². The van der Waals surface area contributed by atoms with Crippen molar-refractivity contribution in [2.75, 3.05) is 23.7 Å². The van der Waals surface area contributed by atoms with Gasteiger partial charge in [0.25, 0.3) is 0 Å². The number of aryl methyl sites for hydroxylation is 1. The van der Waals surface area contributed by atoms with E-state index in [2.05, 4.69) is 21.1 Å². The Kier molecular flexibility index (Phi) is 3.84. The zero-order chi connectivity index (χ0) is 14.7. The van der Waals surface area contributed by atoms with Crippen molar-refractivity contribution in [3.8, 4) is 11.9 Å². The van der Waals surface area contributed by atoms with Gasteiger partial charge in [-0.25, -0.2) is 9.97 Å². The first-order chi connectivity index (χ1) is 9.62. The molecule has 0 aliphatic rings. The summed E-state index contributed by atoms with van der Waals surface area (Å²) in [5.41, 5.74) is 7.23. The third-order valence-corrected chi connectivity index (χ3v) is 3.08. The lowest BCUT2D eigenvalue weighted by Gasteiger charge is -2.17. The molecule has 104 valence electrons. The van der Waals surface area contributed by atoms with Crippen LogP contribution in [0.4, 0.5) is 11.6 Å². The SMILES string of the molecule is CCN(CC)c1nn(-c2cc(C)ncn2)c(N)c1C#N. The molecule has 2 aromatic heterocycles. The minimum Gasteiger partial charge on any atom is -0.382 e. The Morgan fingerprint density at radius 3 is 2.60 bits per heavy atom. The topological polar surface area (TPSA) is 96.7 Å². The van der Waals surface area contributed by atoms with E-state index in [1.807, 2.05) is 25.7 Å². The molecule has 0 amide bonds. The highest BCUT2D eigenvalue weighted by atomic mass is 15.4. The molecule has 0 radical (unpaired) electrons. The lowest BCUT2D eigenvalue weighted by molar-refractivity contribution is 0.794. The summed E-state index contributed by atoms with van der Waals surface area (Å²) in [5.74, 6) is 1.45. The van der Waals surface area contributed by atoms with Gasteiger partial charge in [0, 0.05) is 24.8 Å². The molecule has 0 atom stereocenters. The molecular formula is C13H17N7. The number of hydrogen-bond acceptors (Lipinski definition) is 6. The van der Waals surface area contributed by atoms with Crippen LogP contribution in [0, 0.1) is 18.3 Å². The molecule has 0 aliphatic carbocycles. The zero-order valence-corrected chi connectivity index (χ0v) is 11.8. The summed E-state index contributed by atoms with van der Waals surface area (Å²) in [5, 5.41) is 13.8. The Morgan fingerprint density at radius 2 is 2.05 bits per heavy atom. The van der Waals surface area contributed by atoms with Crippen molar-refractivity contribution in [2.24, 2.45) is 0 Å². The number of nitriles is 1. The molecule has 0 saturated carbocycles. The number of nitrogen functional groups attached to an aromatic ring is 1. The molecule has 2 N–H and O–H groups in total. The maximum Gasteiger partial charge on any atom is 0.171 e. The van der Waals surface area contributed by atoms with E-state index in [0.717, 1.165) is 18.8 Å². The summed E-state index contributed by atoms with van der Waals surface area (Å²) in [6.45, 7) is 7.39. The van der Waals surface area contributed by atoms with Crippen LogP contribution in [0.5, 0.6) is 0 Å². The Hall–Kier alpha value is -2.62. The fourth-order valence-corrected chi connectivity index (χ4v) is 2.00. The van der Waals surface area contributed by atoms with Crippen LogP contribution in [0.2, 0.25) is 0 Å². The smallest absolute Gasteiger partial charge is 0.171 e. The summed E-state index contributed by atoms with van der Waals surface area (Å²) in [6.07, 6.45) is 1.45. The molecule has 0 fully saturated rings. The molecule has 2 heterocycles. The standard InChI is InChI=1S/C13H17N7/c1-4-19(5-2)13-10(7-14)12(15)20(18-13)11-6-9(3)16-8-17-11/h6,8H,4-5,15H2,1-3H3. The predicted molar refractivity (Wildman–Crippen MR) is 76.6 cm³/mol. The third kappa shape index (κ3) is 2.28. The summed E-state index contributed by atoms with van der Waals surface area (Å²) in [7, 11) is 0. The predicted octanol–water partition coefficient (Wildman–Crippen LogP) is 1.27. The van der Waals surface area contributed by atoms with Crippen LogP contribution < -0.4 is 10.6 Å². The quantitative estimate of drug-likeness (QED) is 0.899. The zero-order valence-electron chi connectivity index (χ0n) is 11.8. The van der Waals surface area contributed by atoms with Crippen LogP contribution in [0.3, 0.4) is 0 Å². The average Bonchev–Trinajstić information content (AvgIpc) is 2.77. The summed E-state index contributed by atoms with van der Waals surface area (Å²) >= 11 is 0. The molecule has 0 saturated heterocycles. The van der Waals surface area contributed by atoms with E-state index in [4.69, 9.17) is 5.73 Å². The van der Waals surface area contributed by atoms with Gasteiger partial charge in [-0.3, -0.25) is 0 Å². The van der Waals surface area contributed by atoms with Crippen LogP contribution >= 0.6 is 0 Å². The number of nitrogens with zero attached hydrogens (tertiary/aromatic N) is 6. The molecule has 0 aliphatic heterocycles. The molecular weight excluding hydrogens is 254 g/mol. The van der Waals surface area contributed by atoms with Gasteiger partial charge in [-0.15, -0.1) is 5.10 Å². The highest BCUT2D eigenvalue weighted by Gasteiger charge is 2.20. The number of nitrogens with two attached hydrogens (primary N) is 1. The van der Waals surface area contributed by atoms with Gasteiger partial charge >= 0.3 is 0 Å². The van der Waals surface area contributed by atoms with Crippen molar-refractivity contribution < 1.29 is 0 Å². The number of aromatic nitrogens is 4. The molecule has 2 aromatic rings. The van der Waals surface area contributed by atoms with Crippen LogP contribution in [-0.2, 0) is 0 Å². The molecule has 0 bridgehead atoms. The molecule has 0 aromatic carbocycles. The van der Waals surface area contributed by atoms with Crippen LogP contribution in [0.15, 0.2) is 12.4 Å². The second-order valence-electron chi connectivity index (χ2n) is 4.30. The lowest BCUT2D eigenvalue weighted by atomic mass is 10.3. The van der Waals surface area contributed by atoms with Crippen LogP contribution in [0.25, 0.3) is 5.82 Å². The Morgan fingerprint density at radius 1 is 1.35 bits per heavy atom. The van der Waals surface area contributed by atoms with E-state index in [-0.39, 0.29) is 0 Å². The highest BCUT2D eigenvalue weighted by molar-refractivity contribution is 5.66. The first kappa shape index (κ1) is 13.8. The van der Waals surface area contributed by atoms with Crippen molar-refractivity contribution in [3.63, 3.8) is 0 Å². The van der Waals surface area contributed by atoms with Crippen molar-refractivity contribution in [2.45, 2.75) is 20.8 Å². The van der Waals surface area contributed by atoms with Crippen molar-refractivity contribution in [1.29, 1.82) is 5.26 Å². The van der Waals surface area contributed by atoms with Gasteiger partial charge in [0.05, 0.1) is 0 Å². The van der Waals surface area contributed by atoms with Gasteiger partial charge in [-0.05, 0) is 20.8 Å². The monoisotopic (exact) mass is 271 g/mol. The van der Waals surface area contributed by atoms with E-state index >= 15 is 0 Å². The average molecular weight is 271 g/mol. The van der Waals surface area contributed by atoms with Crippen LogP contribution in [0.1, 0.15) is 25.1 Å². The van der Waals surface area contributed by atoms with E-state index < -0.39 is 0 Å². The number of anilines is 2.